The molecule has 96 valence electrons. The second-order valence-corrected chi connectivity index (χ2v) is 6.43. The van der Waals surface area contributed by atoms with Gasteiger partial charge in [0.05, 0.1) is 0 Å². The summed E-state index contributed by atoms with van der Waals surface area (Å²) >= 11 is 0. The van der Waals surface area contributed by atoms with Gasteiger partial charge in [-0.25, -0.2) is 0 Å². The third kappa shape index (κ3) is 2.51. The number of carbonyl (C=O) groups is 1. The van der Waals surface area contributed by atoms with Crippen LogP contribution in [0.25, 0.3) is 0 Å². The first-order valence-corrected chi connectivity index (χ1v) is 7.60. The van der Waals surface area contributed by atoms with Crippen LogP contribution in [0.15, 0.2) is 0 Å². The summed E-state index contributed by atoms with van der Waals surface area (Å²) < 4.78 is 0. The van der Waals surface area contributed by atoms with Crippen molar-refractivity contribution in [3.63, 3.8) is 0 Å². The fourth-order valence-corrected chi connectivity index (χ4v) is 4.30. The van der Waals surface area contributed by atoms with Gasteiger partial charge in [-0.1, -0.05) is 19.3 Å². The summed E-state index contributed by atoms with van der Waals surface area (Å²) in [6.45, 7) is 2.05. The highest BCUT2D eigenvalue weighted by atomic mass is 16.2. The molecule has 0 radical (unpaired) electrons. The van der Waals surface area contributed by atoms with E-state index in [-0.39, 0.29) is 0 Å². The molecule has 2 saturated carbocycles. The molecule has 1 amide bonds. The van der Waals surface area contributed by atoms with E-state index in [4.69, 9.17) is 0 Å². The van der Waals surface area contributed by atoms with Gasteiger partial charge in [-0.2, -0.15) is 0 Å². The van der Waals surface area contributed by atoms with Crippen LogP contribution < -0.4 is 0 Å². The molecule has 1 aliphatic heterocycles. The number of hydrogen-bond donors (Lipinski definition) is 0. The van der Waals surface area contributed by atoms with Gasteiger partial charge in [0.1, 0.15) is 0 Å². The highest BCUT2D eigenvalue weighted by Crippen LogP contribution is 2.49. The van der Waals surface area contributed by atoms with Crippen LogP contribution in [0, 0.1) is 17.8 Å². The Hall–Kier alpha value is -0.530. The van der Waals surface area contributed by atoms with Crippen LogP contribution in [-0.2, 0) is 4.79 Å². The van der Waals surface area contributed by atoms with Gasteiger partial charge < -0.3 is 4.90 Å². The number of fused-ring (bicyclic) bond motifs is 2. The van der Waals surface area contributed by atoms with E-state index in [9.17, 15) is 4.79 Å². The smallest absolute Gasteiger partial charge is 0.222 e. The van der Waals surface area contributed by atoms with E-state index >= 15 is 0 Å². The van der Waals surface area contributed by atoms with Gasteiger partial charge in [0.25, 0.3) is 0 Å². The van der Waals surface area contributed by atoms with E-state index in [1.54, 1.807) is 0 Å². The molecule has 3 unspecified atom stereocenters. The van der Waals surface area contributed by atoms with Crippen LogP contribution in [0.3, 0.4) is 0 Å². The van der Waals surface area contributed by atoms with E-state index in [2.05, 4.69) is 4.90 Å². The van der Waals surface area contributed by atoms with Crippen LogP contribution in [-0.4, -0.2) is 23.9 Å². The standard InChI is InChI=1S/C15H25NO/c17-15(16-7-3-1-2-4-8-16)11-14-10-12-5-6-13(14)9-12/h12-14H,1-11H2. The molecule has 0 N–H and O–H groups in total. The number of hydrogen-bond acceptors (Lipinski definition) is 1. The molecule has 2 nitrogen and oxygen atoms in total. The van der Waals surface area contributed by atoms with Crippen LogP contribution in [0.1, 0.15) is 57.8 Å². The van der Waals surface area contributed by atoms with E-state index in [1.807, 2.05) is 0 Å². The Morgan fingerprint density at radius 3 is 2.35 bits per heavy atom. The first kappa shape index (κ1) is 11.6. The largest absolute Gasteiger partial charge is 0.343 e. The lowest BCUT2D eigenvalue weighted by atomic mass is 9.86. The lowest BCUT2D eigenvalue weighted by Crippen LogP contribution is -2.33. The van der Waals surface area contributed by atoms with Crippen molar-refractivity contribution in [1.82, 2.24) is 4.90 Å². The summed E-state index contributed by atoms with van der Waals surface area (Å²) in [7, 11) is 0. The fourth-order valence-electron chi connectivity index (χ4n) is 4.30. The normalized spacial score (nSPS) is 37.2. The fraction of sp³-hybridized carbons (Fsp3) is 0.933. The van der Waals surface area contributed by atoms with Crippen molar-refractivity contribution in [3.8, 4) is 0 Å². The first-order valence-electron chi connectivity index (χ1n) is 7.60. The zero-order valence-electron chi connectivity index (χ0n) is 10.9. The molecular formula is C15H25NO. The lowest BCUT2D eigenvalue weighted by Gasteiger charge is -2.26. The van der Waals surface area contributed by atoms with Gasteiger partial charge in [0, 0.05) is 19.5 Å². The zero-order valence-corrected chi connectivity index (χ0v) is 10.9. The first-order chi connectivity index (χ1) is 8.33. The van der Waals surface area contributed by atoms with E-state index < -0.39 is 0 Å². The molecule has 1 saturated heterocycles. The van der Waals surface area contributed by atoms with Gasteiger partial charge in [-0.3, -0.25) is 4.79 Å². The van der Waals surface area contributed by atoms with Crippen molar-refractivity contribution in [2.75, 3.05) is 13.1 Å². The number of amides is 1. The van der Waals surface area contributed by atoms with Crippen LogP contribution in [0.4, 0.5) is 0 Å². The molecule has 3 aliphatic rings. The molecular weight excluding hydrogens is 210 g/mol. The van der Waals surface area contributed by atoms with Crippen LogP contribution in [0.2, 0.25) is 0 Å². The minimum absolute atomic E-state index is 0.462. The number of carbonyl (C=O) groups excluding carboxylic acids is 1. The van der Waals surface area contributed by atoms with E-state index in [0.29, 0.717) is 5.91 Å². The van der Waals surface area contributed by atoms with Crippen molar-refractivity contribution in [2.45, 2.75) is 57.8 Å². The highest BCUT2D eigenvalue weighted by molar-refractivity contribution is 5.76. The predicted molar refractivity (Wildman–Crippen MR) is 68.6 cm³/mol. The summed E-state index contributed by atoms with van der Waals surface area (Å²) in [6, 6.07) is 0. The Labute approximate surface area is 105 Å². The van der Waals surface area contributed by atoms with Crippen molar-refractivity contribution < 1.29 is 4.79 Å². The van der Waals surface area contributed by atoms with Gasteiger partial charge in [0.15, 0.2) is 0 Å². The summed E-state index contributed by atoms with van der Waals surface area (Å²) in [5.74, 6) is 3.08. The summed E-state index contributed by atoms with van der Waals surface area (Å²) in [4.78, 5) is 14.5. The van der Waals surface area contributed by atoms with Gasteiger partial charge in [0.2, 0.25) is 5.91 Å². The Kier molecular flexibility index (Phi) is 3.39. The molecule has 1 heterocycles. The van der Waals surface area contributed by atoms with E-state index in [0.717, 1.165) is 37.3 Å². The van der Waals surface area contributed by atoms with Gasteiger partial charge in [-0.15, -0.1) is 0 Å². The Bertz CT molecular complexity index is 281. The Morgan fingerprint density at radius 1 is 1.00 bits per heavy atom. The maximum absolute atomic E-state index is 12.3. The predicted octanol–water partition coefficient (Wildman–Crippen LogP) is 3.22. The third-order valence-electron chi connectivity index (χ3n) is 5.28. The van der Waals surface area contributed by atoms with Crippen LogP contribution in [0.5, 0.6) is 0 Å². The molecule has 17 heavy (non-hydrogen) atoms. The van der Waals surface area contributed by atoms with Crippen molar-refractivity contribution >= 4 is 5.91 Å². The van der Waals surface area contributed by atoms with Crippen molar-refractivity contribution in [2.24, 2.45) is 17.8 Å². The SMILES string of the molecule is O=C(CC1CC2CCC1C2)N1CCCCCC1. The van der Waals surface area contributed by atoms with Crippen molar-refractivity contribution in [1.29, 1.82) is 0 Å². The number of rotatable bonds is 2. The summed E-state index contributed by atoms with van der Waals surface area (Å²) in [5.41, 5.74) is 0. The maximum Gasteiger partial charge on any atom is 0.222 e. The molecule has 0 aromatic rings. The zero-order chi connectivity index (χ0) is 11.7. The second kappa shape index (κ2) is 4.99. The molecule has 0 spiro atoms. The number of nitrogens with zero attached hydrogens (tertiary/aromatic N) is 1. The van der Waals surface area contributed by atoms with E-state index in [1.165, 1.54) is 51.4 Å². The molecule has 0 aromatic carbocycles. The highest BCUT2D eigenvalue weighted by Gasteiger charge is 2.40. The molecule has 3 rings (SSSR count). The lowest BCUT2D eigenvalue weighted by molar-refractivity contribution is -0.132. The molecule has 2 aliphatic carbocycles. The third-order valence-corrected chi connectivity index (χ3v) is 5.28. The topological polar surface area (TPSA) is 20.3 Å². The average Bonchev–Trinajstić information content (AvgIpc) is 2.82. The average molecular weight is 235 g/mol. The maximum atomic E-state index is 12.3. The van der Waals surface area contributed by atoms with Crippen LogP contribution >= 0.6 is 0 Å². The Balaban J connectivity index is 1.52. The molecule has 3 atom stereocenters. The Morgan fingerprint density at radius 2 is 1.76 bits per heavy atom. The van der Waals surface area contributed by atoms with Crippen molar-refractivity contribution in [3.05, 3.63) is 0 Å². The van der Waals surface area contributed by atoms with Gasteiger partial charge >= 0.3 is 0 Å². The molecule has 2 heteroatoms. The quantitative estimate of drug-likeness (QED) is 0.719. The minimum atomic E-state index is 0.462. The summed E-state index contributed by atoms with van der Waals surface area (Å²) in [6.07, 6.45) is 11.6. The minimum Gasteiger partial charge on any atom is -0.343 e. The monoisotopic (exact) mass is 235 g/mol. The number of likely N-dealkylation sites (tertiary alicyclic amines) is 1. The summed E-state index contributed by atoms with van der Waals surface area (Å²) in [5, 5.41) is 0. The molecule has 0 aromatic heterocycles. The second-order valence-electron chi connectivity index (χ2n) is 6.43. The molecule has 2 bridgehead atoms. The molecule has 3 fully saturated rings. The van der Waals surface area contributed by atoms with Gasteiger partial charge in [-0.05, 0) is 49.9 Å².